The summed E-state index contributed by atoms with van der Waals surface area (Å²) in [5.74, 6) is 0.213. The maximum atomic E-state index is 13.5. The highest BCUT2D eigenvalue weighted by Gasteiger charge is 2.45. The number of anilines is 1. The molecule has 4 heterocycles. The number of pyridine rings is 1. The molecular weight excluding hydrogens is 461 g/mol. The maximum absolute atomic E-state index is 13.5. The van der Waals surface area contributed by atoms with Crippen LogP contribution in [0.5, 0.6) is 0 Å². The Balaban J connectivity index is 1.16. The molecule has 1 aliphatic carbocycles. The third-order valence-corrected chi connectivity index (χ3v) is 7.42. The van der Waals surface area contributed by atoms with Crippen molar-refractivity contribution in [3.8, 4) is 0 Å². The quantitative estimate of drug-likeness (QED) is 0.538. The minimum absolute atomic E-state index is 0.0522. The van der Waals surface area contributed by atoms with Gasteiger partial charge >= 0.3 is 6.18 Å². The molecule has 11 heteroatoms. The van der Waals surface area contributed by atoms with Crippen molar-refractivity contribution in [3.05, 3.63) is 59.5 Å². The van der Waals surface area contributed by atoms with Crippen LogP contribution in [0.1, 0.15) is 40.5 Å². The molecule has 5 atom stereocenters. The molecule has 8 nitrogen and oxygen atoms in total. The third-order valence-electron chi connectivity index (χ3n) is 7.42. The summed E-state index contributed by atoms with van der Waals surface area (Å²) < 4.78 is 47.6. The molecule has 2 aromatic heterocycles. The number of fused-ring (bicyclic) bond motifs is 2. The zero-order valence-electron chi connectivity index (χ0n) is 19.0. The number of likely N-dealkylation sites (tertiary alicyclic amines) is 1. The molecule has 1 saturated carbocycles. The van der Waals surface area contributed by atoms with Crippen molar-refractivity contribution in [2.45, 2.75) is 37.4 Å². The van der Waals surface area contributed by atoms with Crippen LogP contribution < -0.4 is 10.6 Å². The van der Waals surface area contributed by atoms with Crippen LogP contribution in [-0.4, -0.2) is 58.0 Å². The first-order valence-electron chi connectivity index (χ1n) is 11.7. The summed E-state index contributed by atoms with van der Waals surface area (Å²) in [6, 6.07) is 9.49. The fourth-order valence-electron chi connectivity index (χ4n) is 5.70. The van der Waals surface area contributed by atoms with E-state index in [2.05, 4.69) is 20.8 Å². The molecule has 3 unspecified atom stereocenters. The van der Waals surface area contributed by atoms with E-state index in [1.807, 2.05) is 13.1 Å². The highest BCUT2D eigenvalue weighted by Crippen LogP contribution is 2.49. The number of hydrogen-bond acceptors (Lipinski definition) is 6. The van der Waals surface area contributed by atoms with Crippen molar-refractivity contribution < 1.29 is 22.7 Å². The number of aromatic nitrogens is 3. The van der Waals surface area contributed by atoms with Crippen molar-refractivity contribution >= 4 is 17.2 Å². The van der Waals surface area contributed by atoms with Crippen molar-refractivity contribution in [1.29, 1.82) is 0 Å². The number of nitrogens with zero attached hydrogens (tertiary/aromatic N) is 4. The molecule has 3 aliphatic rings. The largest absolute Gasteiger partial charge is 0.416 e. The van der Waals surface area contributed by atoms with Crippen LogP contribution in [-0.2, 0) is 10.9 Å². The standard InChI is InChI=1S/C24H25F3N6O2/c1-28-21-22(35-21)29-16-6-7-19-30-31-20(33(19)12-16)23(34)32-10-14-8-13(9-15(14)11-32)17-4-2-3-5-18(17)24(25,26)27/h2-7,12-15,21-22,28-29H,8-11H2,1H3/t13?,14-,15+,21?,22?. The topological polar surface area (TPSA) is 87.1 Å². The van der Waals surface area contributed by atoms with E-state index in [1.165, 1.54) is 6.07 Å². The van der Waals surface area contributed by atoms with Crippen LogP contribution in [0.3, 0.4) is 0 Å². The fourth-order valence-corrected chi connectivity index (χ4v) is 5.70. The lowest BCUT2D eigenvalue weighted by Gasteiger charge is -2.21. The Hall–Kier alpha value is -3.18. The van der Waals surface area contributed by atoms with Gasteiger partial charge in [0.15, 0.2) is 18.1 Å². The van der Waals surface area contributed by atoms with Gasteiger partial charge in [-0.1, -0.05) is 18.2 Å². The summed E-state index contributed by atoms with van der Waals surface area (Å²) in [6.45, 7) is 1.03. The Morgan fingerprint density at radius 3 is 2.49 bits per heavy atom. The van der Waals surface area contributed by atoms with Crippen LogP contribution in [0.15, 0.2) is 42.6 Å². The maximum Gasteiger partial charge on any atom is 0.416 e. The predicted octanol–water partition coefficient (Wildman–Crippen LogP) is 3.33. The monoisotopic (exact) mass is 486 g/mol. The molecule has 1 aromatic carbocycles. The van der Waals surface area contributed by atoms with E-state index in [-0.39, 0.29) is 41.9 Å². The number of carbonyl (C=O) groups is 1. The van der Waals surface area contributed by atoms with Gasteiger partial charge in [-0.05, 0) is 61.4 Å². The number of halogens is 3. The average Bonchev–Trinajstić information content (AvgIpc) is 3.13. The first-order chi connectivity index (χ1) is 16.8. The number of benzene rings is 1. The number of carbonyl (C=O) groups excluding carboxylic acids is 1. The molecule has 2 N–H and O–H groups in total. The number of rotatable bonds is 5. The number of alkyl halides is 3. The Labute approximate surface area is 199 Å². The van der Waals surface area contributed by atoms with E-state index < -0.39 is 11.7 Å². The van der Waals surface area contributed by atoms with Gasteiger partial charge in [0.1, 0.15) is 0 Å². The lowest BCUT2D eigenvalue weighted by Crippen LogP contribution is -2.31. The van der Waals surface area contributed by atoms with E-state index >= 15 is 0 Å². The van der Waals surface area contributed by atoms with Crippen LogP contribution >= 0.6 is 0 Å². The van der Waals surface area contributed by atoms with Crippen molar-refractivity contribution in [2.24, 2.45) is 11.8 Å². The number of hydrogen-bond donors (Lipinski definition) is 2. The van der Waals surface area contributed by atoms with E-state index in [9.17, 15) is 18.0 Å². The molecule has 2 saturated heterocycles. The molecule has 3 aromatic rings. The summed E-state index contributed by atoms with van der Waals surface area (Å²) in [5.41, 5.74) is 1.16. The fraction of sp³-hybridized carbons (Fsp3) is 0.458. The lowest BCUT2D eigenvalue weighted by molar-refractivity contribution is -0.138. The zero-order valence-corrected chi connectivity index (χ0v) is 19.0. The van der Waals surface area contributed by atoms with E-state index in [4.69, 9.17) is 4.74 Å². The van der Waals surface area contributed by atoms with Gasteiger partial charge in [-0.3, -0.25) is 14.5 Å². The molecule has 0 radical (unpaired) electrons. The summed E-state index contributed by atoms with van der Waals surface area (Å²) in [6.07, 6.45) is -1.49. The second kappa shape index (κ2) is 8.20. The van der Waals surface area contributed by atoms with Gasteiger partial charge in [-0.15, -0.1) is 10.2 Å². The van der Waals surface area contributed by atoms with Gasteiger partial charge in [0, 0.05) is 19.3 Å². The highest BCUT2D eigenvalue weighted by molar-refractivity contribution is 5.91. The van der Waals surface area contributed by atoms with Gasteiger partial charge in [-0.25, -0.2) is 0 Å². The minimum atomic E-state index is -4.36. The van der Waals surface area contributed by atoms with Crippen LogP contribution in [0, 0.1) is 11.8 Å². The van der Waals surface area contributed by atoms with E-state index in [1.54, 1.807) is 33.7 Å². The molecule has 1 amide bonds. The van der Waals surface area contributed by atoms with Crippen molar-refractivity contribution in [1.82, 2.24) is 24.8 Å². The van der Waals surface area contributed by atoms with Crippen LogP contribution in [0.25, 0.3) is 5.65 Å². The minimum Gasteiger partial charge on any atom is -0.356 e. The predicted molar refractivity (Wildman–Crippen MR) is 121 cm³/mol. The van der Waals surface area contributed by atoms with Crippen molar-refractivity contribution in [3.63, 3.8) is 0 Å². The van der Waals surface area contributed by atoms with Gasteiger partial charge in [0.05, 0.1) is 11.3 Å². The van der Waals surface area contributed by atoms with Crippen molar-refractivity contribution in [2.75, 3.05) is 25.5 Å². The molecule has 2 aliphatic heterocycles. The normalized spacial score (nSPS) is 27.9. The third kappa shape index (κ3) is 4.02. The smallest absolute Gasteiger partial charge is 0.356 e. The van der Waals surface area contributed by atoms with E-state index in [0.29, 0.717) is 37.1 Å². The number of nitrogens with one attached hydrogen (secondary N) is 2. The lowest BCUT2D eigenvalue weighted by atomic mass is 9.91. The molecular formula is C24H25F3N6O2. The Bertz CT molecular complexity index is 1260. The second-order valence-corrected chi connectivity index (χ2v) is 9.56. The second-order valence-electron chi connectivity index (χ2n) is 9.56. The van der Waals surface area contributed by atoms with Crippen LogP contribution in [0.4, 0.5) is 18.9 Å². The van der Waals surface area contributed by atoms with Gasteiger partial charge in [-0.2, -0.15) is 13.2 Å². The molecule has 0 bridgehead atoms. The summed E-state index contributed by atoms with van der Waals surface area (Å²) >= 11 is 0. The number of epoxide rings is 1. The summed E-state index contributed by atoms with van der Waals surface area (Å²) in [7, 11) is 1.81. The Morgan fingerprint density at radius 2 is 1.80 bits per heavy atom. The molecule has 184 valence electrons. The van der Waals surface area contributed by atoms with Gasteiger partial charge in [0.2, 0.25) is 5.82 Å². The first kappa shape index (κ1) is 22.3. The molecule has 3 fully saturated rings. The molecule has 6 rings (SSSR count). The SMILES string of the molecule is CNC1OC1Nc1ccc2nnc(C(=O)N3C[C@H]4CC(c5ccccc5C(F)(F)F)C[C@H]4C3)n2c1. The number of likely N-dealkylation sites (N-methyl/N-ethyl adjacent to an activating group) is 1. The zero-order chi connectivity index (χ0) is 24.3. The summed E-state index contributed by atoms with van der Waals surface area (Å²) in [5, 5.41) is 14.5. The van der Waals surface area contributed by atoms with Crippen LogP contribution in [0.2, 0.25) is 0 Å². The van der Waals surface area contributed by atoms with Gasteiger partial charge in [0.25, 0.3) is 5.91 Å². The molecule has 35 heavy (non-hydrogen) atoms. The van der Waals surface area contributed by atoms with E-state index in [0.717, 1.165) is 11.8 Å². The summed E-state index contributed by atoms with van der Waals surface area (Å²) in [4.78, 5) is 15.1. The number of ether oxygens (including phenoxy) is 1. The number of amides is 1. The Morgan fingerprint density at radius 1 is 1.06 bits per heavy atom. The Kier molecular flexibility index (Phi) is 5.22. The average molecular weight is 486 g/mol. The van der Waals surface area contributed by atoms with Gasteiger partial charge < -0.3 is 15.0 Å². The first-order valence-corrected chi connectivity index (χ1v) is 11.7. The highest BCUT2D eigenvalue weighted by atomic mass is 19.4. The molecule has 0 spiro atoms.